The smallest absolute Gasteiger partial charge is 0.277 e. The number of carbonyl (C=O) groups excluding carboxylic acids is 1. The fourth-order valence-electron chi connectivity index (χ4n) is 4.48. The summed E-state index contributed by atoms with van der Waals surface area (Å²) in [5.74, 6) is -1.09. The molecule has 0 saturated carbocycles. The number of hydrogen-bond acceptors (Lipinski definition) is 5. The van der Waals surface area contributed by atoms with Crippen molar-refractivity contribution in [1.29, 1.82) is 0 Å². The first kappa shape index (κ1) is 23.5. The molecule has 4 rings (SSSR count). The second kappa shape index (κ2) is 9.70. The summed E-state index contributed by atoms with van der Waals surface area (Å²) < 4.78 is 41.3. The Morgan fingerprint density at radius 1 is 1.03 bits per heavy atom. The molecule has 0 spiro atoms. The number of nitrogens with one attached hydrogen (secondary N) is 1. The van der Waals surface area contributed by atoms with E-state index in [1.165, 1.54) is 31.8 Å². The van der Waals surface area contributed by atoms with Gasteiger partial charge in [0, 0.05) is 37.0 Å². The molecule has 3 aromatic rings. The second-order valence-electron chi connectivity index (χ2n) is 8.27. The van der Waals surface area contributed by atoms with Gasteiger partial charge >= 0.3 is 0 Å². The van der Waals surface area contributed by atoms with Crippen molar-refractivity contribution in [1.82, 2.24) is 4.57 Å². The minimum Gasteiger partial charge on any atom is -0.493 e. The van der Waals surface area contributed by atoms with E-state index in [1.54, 1.807) is 12.1 Å². The molecule has 1 fully saturated rings. The summed E-state index contributed by atoms with van der Waals surface area (Å²) in [6.07, 6.45) is 2.83. The molecule has 0 radical (unpaired) electrons. The van der Waals surface area contributed by atoms with Crippen molar-refractivity contribution in [3.05, 3.63) is 57.9 Å². The fourth-order valence-corrected chi connectivity index (χ4v) is 4.48. The van der Waals surface area contributed by atoms with Gasteiger partial charge in [0.15, 0.2) is 11.5 Å². The van der Waals surface area contributed by atoms with E-state index in [9.17, 15) is 18.4 Å². The number of rotatable bonds is 6. The molecule has 2 aromatic carbocycles. The topological polar surface area (TPSA) is 72.8 Å². The highest BCUT2D eigenvalue weighted by Gasteiger charge is 2.26. The molecule has 34 heavy (non-hydrogen) atoms. The van der Waals surface area contributed by atoms with Crippen LogP contribution in [0.1, 0.15) is 31.7 Å². The average molecular weight is 472 g/mol. The molecule has 1 aromatic heterocycles. The monoisotopic (exact) mass is 471 g/mol. The van der Waals surface area contributed by atoms with E-state index in [0.717, 1.165) is 31.4 Å². The van der Waals surface area contributed by atoms with Crippen molar-refractivity contribution in [3.63, 3.8) is 0 Å². The van der Waals surface area contributed by atoms with Crippen LogP contribution in [0.15, 0.2) is 35.1 Å². The van der Waals surface area contributed by atoms with E-state index in [-0.39, 0.29) is 18.0 Å². The minimum absolute atomic E-state index is 0.224. The number of aromatic nitrogens is 1. The Balaban J connectivity index is 2.09. The first-order valence-corrected chi connectivity index (χ1v) is 11.1. The highest BCUT2D eigenvalue weighted by molar-refractivity contribution is 6.06. The summed E-state index contributed by atoms with van der Waals surface area (Å²) in [4.78, 5) is 28.0. The SMILES string of the molecule is COc1cc2c(NC(C)=O)c(N3CCCCC3)c(=O)n(Cc3c(F)cccc3F)c2cc1OC. The molecule has 2 heterocycles. The molecule has 1 N–H and O–H groups in total. The summed E-state index contributed by atoms with van der Waals surface area (Å²) in [5.41, 5.74) is 0.326. The number of pyridine rings is 1. The molecule has 180 valence electrons. The van der Waals surface area contributed by atoms with Crippen molar-refractivity contribution in [2.24, 2.45) is 0 Å². The van der Waals surface area contributed by atoms with E-state index in [0.29, 0.717) is 46.9 Å². The van der Waals surface area contributed by atoms with E-state index >= 15 is 0 Å². The van der Waals surface area contributed by atoms with Gasteiger partial charge in [0.25, 0.3) is 5.56 Å². The zero-order valence-electron chi connectivity index (χ0n) is 19.4. The molecule has 1 aliphatic rings. The van der Waals surface area contributed by atoms with Crippen LogP contribution in [0.5, 0.6) is 11.5 Å². The summed E-state index contributed by atoms with van der Waals surface area (Å²) in [6.45, 7) is 2.31. The van der Waals surface area contributed by atoms with E-state index < -0.39 is 17.2 Å². The Morgan fingerprint density at radius 2 is 1.65 bits per heavy atom. The van der Waals surface area contributed by atoms with Gasteiger partial charge in [-0.2, -0.15) is 0 Å². The van der Waals surface area contributed by atoms with Crippen LogP contribution < -0.4 is 25.2 Å². The first-order chi connectivity index (χ1) is 16.3. The first-order valence-electron chi connectivity index (χ1n) is 11.1. The largest absolute Gasteiger partial charge is 0.493 e. The van der Waals surface area contributed by atoms with E-state index in [4.69, 9.17) is 9.47 Å². The van der Waals surface area contributed by atoms with Gasteiger partial charge in [-0.3, -0.25) is 9.59 Å². The van der Waals surface area contributed by atoms with Crippen molar-refractivity contribution in [2.45, 2.75) is 32.7 Å². The highest BCUT2D eigenvalue weighted by Crippen LogP contribution is 2.39. The van der Waals surface area contributed by atoms with Gasteiger partial charge in [-0.25, -0.2) is 8.78 Å². The summed E-state index contributed by atoms with van der Waals surface area (Å²) in [5, 5.41) is 3.32. The standard InChI is InChI=1S/C25H27F2N3O4/c1-15(31)28-23-16-12-21(33-2)22(34-3)13-20(16)30(14-17-18(26)8-7-9-19(17)27)25(32)24(23)29-10-5-4-6-11-29/h7-9,12-13H,4-6,10-11,14H2,1-3H3,(H,28,31). The Kier molecular flexibility index (Phi) is 6.72. The lowest BCUT2D eigenvalue weighted by Crippen LogP contribution is -2.37. The van der Waals surface area contributed by atoms with Crippen LogP contribution in [-0.4, -0.2) is 37.8 Å². The number of halogens is 2. The fraction of sp³-hybridized carbons (Fsp3) is 0.360. The Labute approximate surface area is 195 Å². The van der Waals surface area contributed by atoms with Crippen molar-refractivity contribution < 1.29 is 23.0 Å². The van der Waals surface area contributed by atoms with E-state index in [1.807, 2.05) is 4.90 Å². The van der Waals surface area contributed by atoms with Crippen LogP contribution in [0.2, 0.25) is 0 Å². The van der Waals surface area contributed by atoms with Crippen LogP contribution in [0.3, 0.4) is 0 Å². The van der Waals surface area contributed by atoms with Gasteiger partial charge in [-0.1, -0.05) is 6.07 Å². The molecule has 7 nitrogen and oxygen atoms in total. The van der Waals surface area contributed by atoms with E-state index in [2.05, 4.69) is 5.32 Å². The molecule has 9 heteroatoms. The predicted octanol–water partition coefficient (Wildman–Crippen LogP) is 4.29. The maximum atomic E-state index is 14.6. The number of piperidine rings is 1. The number of ether oxygens (including phenoxy) is 2. The number of benzene rings is 2. The number of methoxy groups -OCH3 is 2. The lowest BCUT2D eigenvalue weighted by Gasteiger charge is -2.31. The van der Waals surface area contributed by atoms with Gasteiger partial charge in [-0.05, 0) is 37.5 Å². The average Bonchev–Trinajstić information content (AvgIpc) is 2.82. The number of carbonyl (C=O) groups is 1. The summed E-state index contributed by atoms with van der Waals surface area (Å²) >= 11 is 0. The molecular formula is C25H27F2N3O4. The Morgan fingerprint density at radius 3 is 2.24 bits per heavy atom. The summed E-state index contributed by atoms with van der Waals surface area (Å²) in [7, 11) is 2.94. The van der Waals surface area contributed by atoms with Crippen LogP contribution in [0, 0.1) is 11.6 Å². The quantitative estimate of drug-likeness (QED) is 0.581. The zero-order chi connectivity index (χ0) is 24.4. The van der Waals surface area contributed by atoms with Crippen molar-refractivity contribution >= 4 is 28.2 Å². The molecule has 0 unspecified atom stereocenters. The molecule has 0 atom stereocenters. The molecule has 1 aliphatic heterocycles. The third kappa shape index (κ3) is 4.30. The van der Waals surface area contributed by atoms with Crippen LogP contribution >= 0.6 is 0 Å². The summed E-state index contributed by atoms with van der Waals surface area (Å²) in [6, 6.07) is 6.85. The second-order valence-corrected chi connectivity index (χ2v) is 8.27. The number of amides is 1. The highest BCUT2D eigenvalue weighted by atomic mass is 19.1. The Bertz CT molecular complexity index is 1280. The Hall–Kier alpha value is -3.62. The van der Waals surface area contributed by atoms with Crippen molar-refractivity contribution in [3.8, 4) is 11.5 Å². The molecule has 0 aliphatic carbocycles. The number of anilines is 2. The minimum atomic E-state index is -0.744. The van der Waals surface area contributed by atoms with Gasteiger partial charge in [0.05, 0.1) is 32.0 Å². The normalized spacial score (nSPS) is 13.7. The number of fused-ring (bicyclic) bond motifs is 1. The van der Waals surface area contributed by atoms with Crippen LogP contribution in [0.25, 0.3) is 10.9 Å². The van der Waals surface area contributed by atoms with Crippen LogP contribution in [0.4, 0.5) is 20.2 Å². The molecule has 0 bridgehead atoms. The molecule has 1 saturated heterocycles. The molecular weight excluding hydrogens is 444 g/mol. The van der Waals surface area contributed by atoms with Gasteiger partial charge in [0.1, 0.15) is 17.3 Å². The third-order valence-corrected chi connectivity index (χ3v) is 6.10. The van der Waals surface area contributed by atoms with Crippen LogP contribution in [-0.2, 0) is 11.3 Å². The maximum Gasteiger partial charge on any atom is 0.277 e. The number of nitrogens with zero attached hydrogens (tertiary/aromatic N) is 2. The third-order valence-electron chi connectivity index (χ3n) is 6.10. The lowest BCUT2D eigenvalue weighted by molar-refractivity contribution is -0.114. The van der Waals surface area contributed by atoms with Gasteiger partial charge < -0.3 is 24.3 Å². The maximum absolute atomic E-state index is 14.6. The zero-order valence-corrected chi connectivity index (χ0v) is 19.4. The predicted molar refractivity (Wildman–Crippen MR) is 127 cm³/mol. The van der Waals surface area contributed by atoms with Gasteiger partial charge in [-0.15, -0.1) is 0 Å². The van der Waals surface area contributed by atoms with Crippen molar-refractivity contribution in [2.75, 3.05) is 37.5 Å². The molecule has 1 amide bonds. The lowest BCUT2D eigenvalue weighted by atomic mass is 10.1. The van der Waals surface area contributed by atoms with Gasteiger partial charge in [0.2, 0.25) is 5.91 Å². The number of hydrogen-bond donors (Lipinski definition) is 1.